The van der Waals surface area contributed by atoms with Gasteiger partial charge in [0.25, 0.3) is 0 Å². The number of nitrogens with zero attached hydrogens (tertiary/aromatic N) is 2. The van der Waals surface area contributed by atoms with Crippen molar-refractivity contribution in [2.24, 2.45) is 11.3 Å². The van der Waals surface area contributed by atoms with Crippen molar-refractivity contribution in [2.75, 3.05) is 46.3 Å². The molecule has 3 fully saturated rings. The van der Waals surface area contributed by atoms with E-state index in [2.05, 4.69) is 29.1 Å². The zero-order chi connectivity index (χ0) is 11.9. The van der Waals surface area contributed by atoms with Gasteiger partial charge in [-0.15, -0.1) is 0 Å². The minimum absolute atomic E-state index is 0.758. The van der Waals surface area contributed by atoms with Gasteiger partial charge in [-0.2, -0.15) is 0 Å². The summed E-state index contributed by atoms with van der Waals surface area (Å²) in [4.78, 5) is 5.20. The number of piperazine rings is 1. The van der Waals surface area contributed by atoms with Crippen LogP contribution in [0, 0.1) is 11.3 Å². The fourth-order valence-corrected chi connectivity index (χ4v) is 3.96. The van der Waals surface area contributed by atoms with Crippen molar-refractivity contribution in [3.8, 4) is 0 Å². The van der Waals surface area contributed by atoms with E-state index in [9.17, 15) is 0 Å². The van der Waals surface area contributed by atoms with Gasteiger partial charge in [0.15, 0.2) is 0 Å². The maximum atomic E-state index is 3.50. The molecule has 0 aromatic carbocycles. The minimum Gasteiger partial charge on any atom is -0.317 e. The summed E-state index contributed by atoms with van der Waals surface area (Å²) in [6.07, 6.45) is 4.37. The third-order valence-corrected chi connectivity index (χ3v) is 5.38. The van der Waals surface area contributed by atoms with E-state index in [0.29, 0.717) is 0 Å². The van der Waals surface area contributed by atoms with E-state index in [0.717, 1.165) is 17.4 Å². The highest BCUT2D eigenvalue weighted by Crippen LogP contribution is 2.58. The highest BCUT2D eigenvalue weighted by molar-refractivity contribution is 5.05. The fraction of sp³-hybridized carbons (Fsp3) is 1.00. The summed E-state index contributed by atoms with van der Waals surface area (Å²) in [7, 11) is 2.25. The fourth-order valence-electron chi connectivity index (χ4n) is 3.96. The molecule has 2 saturated heterocycles. The Morgan fingerprint density at radius 3 is 2.71 bits per heavy atom. The summed E-state index contributed by atoms with van der Waals surface area (Å²) in [5.74, 6) is 1.01. The highest BCUT2D eigenvalue weighted by atomic mass is 15.3. The predicted molar refractivity (Wildman–Crippen MR) is 71.2 cm³/mol. The maximum Gasteiger partial charge on any atom is 0.0195 e. The second-order valence-corrected chi connectivity index (χ2v) is 6.62. The Kier molecular flexibility index (Phi) is 3.18. The van der Waals surface area contributed by atoms with E-state index in [-0.39, 0.29) is 0 Å². The summed E-state index contributed by atoms with van der Waals surface area (Å²) < 4.78 is 0. The second kappa shape index (κ2) is 4.52. The number of rotatable bonds is 2. The van der Waals surface area contributed by atoms with Gasteiger partial charge in [-0.25, -0.2) is 0 Å². The molecular weight excluding hydrogens is 210 g/mol. The normalized spacial score (nSPS) is 38.5. The molecule has 1 spiro atoms. The molecule has 3 heteroatoms. The van der Waals surface area contributed by atoms with Gasteiger partial charge in [-0.3, -0.25) is 4.90 Å². The Morgan fingerprint density at radius 2 is 2.00 bits per heavy atom. The summed E-state index contributed by atoms with van der Waals surface area (Å²) in [5.41, 5.74) is 0.758. The monoisotopic (exact) mass is 237 g/mol. The molecule has 0 aromatic rings. The standard InChI is InChI=1S/C14H27N3/c1-12-10-16(2)7-8-17(12)11-13-9-14(13)3-5-15-6-4-14/h12-13,15H,3-11H2,1-2H3. The Morgan fingerprint density at radius 1 is 1.24 bits per heavy atom. The molecule has 3 nitrogen and oxygen atoms in total. The van der Waals surface area contributed by atoms with Crippen molar-refractivity contribution in [2.45, 2.75) is 32.2 Å². The van der Waals surface area contributed by atoms with Crippen LogP contribution in [0.2, 0.25) is 0 Å². The van der Waals surface area contributed by atoms with Crippen LogP contribution in [0.25, 0.3) is 0 Å². The summed E-state index contributed by atoms with van der Waals surface area (Å²) in [6.45, 7) is 10.1. The first-order valence-corrected chi connectivity index (χ1v) is 7.33. The van der Waals surface area contributed by atoms with E-state index >= 15 is 0 Å². The van der Waals surface area contributed by atoms with E-state index in [1.54, 1.807) is 0 Å². The van der Waals surface area contributed by atoms with Crippen LogP contribution in [-0.4, -0.2) is 62.2 Å². The Labute approximate surface area is 106 Å². The minimum atomic E-state index is 0.758. The summed E-state index contributed by atoms with van der Waals surface area (Å²) >= 11 is 0. The third kappa shape index (κ3) is 2.38. The zero-order valence-corrected chi connectivity index (χ0v) is 11.4. The molecular formula is C14H27N3. The smallest absolute Gasteiger partial charge is 0.0195 e. The molecule has 2 atom stereocenters. The highest BCUT2D eigenvalue weighted by Gasteiger charge is 2.54. The molecule has 0 amide bonds. The zero-order valence-electron chi connectivity index (χ0n) is 11.4. The lowest BCUT2D eigenvalue weighted by Crippen LogP contribution is -2.51. The molecule has 1 N–H and O–H groups in total. The number of piperidine rings is 1. The van der Waals surface area contributed by atoms with Crippen LogP contribution in [-0.2, 0) is 0 Å². The lowest BCUT2D eigenvalue weighted by atomic mass is 9.91. The van der Waals surface area contributed by atoms with Gasteiger partial charge in [0.05, 0.1) is 0 Å². The van der Waals surface area contributed by atoms with Crippen molar-refractivity contribution in [3.05, 3.63) is 0 Å². The molecule has 2 aliphatic heterocycles. The van der Waals surface area contributed by atoms with Crippen LogP contribution in [0.1, 0.15) is 26.2 Å². The average molecular weight is 237 g/mol. The van der Waals surface area contributed by atoms with Gasteiger partial charge in [0.2, 0.25) is 0 Å². The predicted octanol–water partition coefficient (Wildman–Crippen LogP) is 1.01. The Hall–Kier alpha value is -0.120. The van der Waals surface area contributed by atoms with Crippen molar-refractivity contribution < 1.29 is 0 Å². The number of nitrogens with one attached hydrogen (secondary N) is 1. The van der Waals surface area contributed by atoms with E-state index in [1.807, 2.05) is 0 Å². The molecule has 1 aliphatic carbocycles. The van der Waals surface area contributed by atoms with Crippen LogP contribution < -0.4 is 5.32 Å². The molecule has 3 rings (SSSR count). The lowest BCUT2D eigenvalue weighted by molar-refractivity contribution is 0.0897. The topological polar surface area (TPSA) is 18.5 Å². The molecule has 17 heavy (non-hydrogen) atoms. The molecule has 98 valence electrons. The van der Waals surface area contributed by atoms with Gasteiger partial charge < -0.3 is 10.2 Å². The molecule has 1 saturated carbocycles. The number of hydrogen-bond donors (Lipinski definition) is 1. The second-order valence-electron chi connectivity index (χ2n) is 6.62. The molecule has 2 heterocycles. The molecule has 0 aromatic heterocycles. The van der Waals surface area contributed by atoms with Crippen LogP contribution in [0.3, 0.4) is 0 Å². The molecule has 2 unspecified atom stereocenters. The Balaban J connectivity index is 1.51. The molecule has 0 bridgehead atoms. The average Bonchev–Trinajstić information content (AvgIpc) is 2.96. The summed E-state index contributed by atoms with van der Waals surface area (Å²) in [5, 5.41) is 3.50. The maximum absolute atomic E-state index is 3.50. The van der Waals surface area contributed by atoms with Gasteiger partial charge >= 0.3 is 0 Å². The third-order valence-electron chi connectivity index (χ3n) is 5.38. The van der Waals surface area contributed by atoms with Gasteiger partial charge in [0, 0.05) is 32.2 Å². The van der Waals surface area contributed by atoms with Crippen LogP contribution in [0.5, 0.6) is 0 Å². The first-order chi connectivity index (χ1) is 8.20. The van der Waals surface area contributed by atoms with Crippen molar-refractivity contribution in [3.63, 3.8) is 0 Å². The number of likely N-dealkylation sites (N-methyl/N-ethyl adjacent to an activating group) is 1. The van der Waals surface area contributed by atoms with Crippen molar-refractivity contribution in [1.29, 1.82) is 0 Å². The van der Waals surface area contributed by atoms with Crippen molar-refractivity contribution >= 4 is 0 Å². The van der Waals surface area contributed by atoms with E-state index in [4.69, 9.17) is 0 Å². The van der Waals surface area contributed by atoms with Crippen molar-refractivity contribution in [1.82, 2.24) is 15.1 Å². The largest absolute Gasteiger partial charge is 0.317 e. The lowest BCUT2D eigenvalue weighted by Gasteiger charge is -2.39. The van der Waals surface area contributed by atoms with Gasteiger partial charge in [0.1, 0.15) is 0 Å². The van der Waals surface area contributed by atoms with Gasteiger partial charge in [-0.1, -0.05) is 0 Å². The Bertz CT molecular complexity index is 273. The SMILES string of the molecule is CC1CN(C)CCN1CC1CC12CCNCC2. The first-order valence-electron chi connectivity index (χ1n) is 7.33. The van der Waals surface area contributed by atoms with E-state index in [1.165, 1.54) is 58.5 Å². The van der Waals surface area contributed by atoms with E-state index < -0.39 is 0 Å². The van der Waals surface area contributed by atoms with Crippen LogP contribution >= 0.6 is 0 Å². The quantitative estimate of drug-likeness (QED) is 0.773. The van der Waals surface area contributed by atoms with Crippen LogP contribution in [0.4, 0.5) is 0 Å². The first kappa shape index (κ1) is 11.9. The number of hydrogen-bond acceptors (Lipinski definition) is 3. The van der Waals surface area contributed by atoms with Gasteiger partial charge in [-0.05, 0) is 57.7 Å². The molecule has 3 aliphatic rings. The summed E-state index contributed by atoms with van der Waals surface area (Å²) in [6, 6.07) is 0.758. The molecule has 0 radical (unpaired) electrons. The van der Waals surface area contributed by atoms with Crippen LogP contribution in [0.15, 0.2) is 0 Å².